The van der Waals surface area contributed by atoms with Gasteiger partial charge in [-0.1, -0.05) is 11.2 Å². The second kappa shape index (κ2) is 4.55. The molecule has 0 aromatic carbocycles. The van der Waals surface area contributed by atoms with Gasteiger partial charge in [0.25, 0.3) is 0 Å². The lowest BCUT2D eigenvalue weighted by atomic mass is 9.95. The van der Waals surface area contributed by atoms with Crippen LogP contribution in [0, 0.1) is 22.7 Å². The minimum absolute atomic E-state index is 0.110. The van der Waals surface area contributed by atoms with Crippen LogP contribution in [0.3, 0.4) is 0 Å². The van der Waals surface area contributed by atoms with Gasteiger partial charge in [-0.3, -0.25) is 4.98 Å². The van der Waals surface area contributed by atoms with Gasteiger partial charge in [0.05, 0.1) is 6.04 Å². The van der Waals surface area contributed by atoms with Gasteiger partial charge >= 0.3 is 0 Å². The van der Waals surface area contributed by atoms with E-state index in [0.717, 1.165) is 24.7 Å². The van der Waals surface area contributed by atoms with Crippen molar-refractivity contribution >= 4 is 0 Å². The molecule has 2 aliphatic rings. The Morgan fingerprint density at radius 2 is 2.29 bits per heavy atom. The van der Waals surface area contributed by atoms with Crippen molar-refractivity contribution in [3.05, 3.63) is 35.0 Å². The summed E-state index contributed by atoms with van der Waals surface area (Å²) in [5, 5.41) is 3.31. The maximum Gasteiger partial charge on any atom is 0.0950 e. The second-order valence-electron chi connectivity index (χ2n) is 5.58. The zero-order valence-electron chi connectivity index (χ0n) is 9.96. The van der Waals surface area contributed by atoms with E-state index in [9.17, 15) is 4.91 Å². The number of nitrogens with zero attached hydrogens (tertiary/aromatic N) is 2. The third-order valence-corrected chi connectivity index (χ3v) is 4.56. The first-order valence-electron chi connectivity index (χ1n) is 6.58. The molecule has 1 heterocycles. The molecule has 3 nitrogen and oxygen atoms in total. The Hall–Kier alpha value is -1.25. The molecule has 0 bridgehead atoms. The average molecular weight is 230 g/mol. The van der Waals surface area contributed by atoms with Crippen LogP contribution in [0.15, 0.2) is 29.7 Å². The lowest BCUT2D eigenvalue weighted by Crippen LogP contribution is -2.12. The van der Waals surface area contributed by atoms with Crippen LogP contribution in [0.2, 0.25) is 0 Å². The summed E-state index contributed by atoms with van der Waals surface area (Å²) < 4.78 is 0. The molecule has 90 valence electrons. The molecule has 17 heavy (non-hydrogen) atoms. The highest BCUT2D eigenvalue weighted by Crippen LogP contribution is 2.48. The maximum absolute atomic E-state index is 10.8. The van der Waals surface area contributed by atoms with Gasteiger partial charge in [-0.05, 0) is 61.5 Å². The first-order chi connectivity index (χ1) is 8.36. The van der Waals surface area contributed by atoms with Gasteiger partial charge in [-0.2, -0.15) is 4.91 Å². The Morgan fingerprint density at radius 1 is 1.35 bits per heavy atom. The van der Waals surface area contributed by atoms with Gasteiger partial charge in [0.15, 0.2) is 0 Å². The van der Waals surface area contributed by atoms with Crippen molar-refractivity contribution in [2.75, 3.05) is 0 Å². The standard InChI is InChI=1S/C14H18N2O/c17-16-14-4-3-12-7-11(8-13(12)14)6-10-2-1-5-15-9-10/h1-2,5,9,11-14H,3-4,6-8H2. The predicted octanol–water partition coefficient (Wildman–Crippen LogP) is 3.20. The van der Waals surface area contributed by atoms with Crippen molar-refractivity contribution in [3.8, 4) is 0 Å². The van der Waals surface area contributed by atoms with Crippen molar-refractivity contribution in [1.29, 1.82) is 0 Å². The average Bonchev–Trinajstić information content (AvgIpc) is 2.89. The fourth-order valence-electron chi connectivity index (χ4n) is 3.83. The van der Waals surface area contributed by atoms with E-state index in [2.05, 4.69) is 16.2 Å². The van der Waals surface area contributed by atoms with Crippen LogP contribution in [0.4, 0.5) is 0 Å². The van der Waals surface area contributed by atoms with E-state index in [-0.39, 0.29) is 6.04 Å². The molecule has 0 radical (unpaired) electrons. The lowest BCUT2D eigenvalue weighted by molar-refractivity contribution is 0.416. The number of hydrogen-bond acceptors (Lipinski definition) is 3. The van der Waals surface area contributed by atoms with E-state index in [1.165, 1.54) is 24.8 Å². The number of hydrogen-bond donors (Lipinski definition) is 0. The molecular formula is C14H18N2O. The van der Waals surface area contributed by atoms with E-state index in [1.807, 2.05) is 18.5 Å². The summed E-state index contributed by atoms with van der Waals surface area (Å²) in [5.74, 6) is 2.08. The predicted molar refractivity (Wildman–Crippen MR) is 66.5 cm³/mol. The summed E-state index contributed by atoms with van der Waals surface area (Å²) in [6, 6.07) is 4.26. The molecule has 0 aliphatic heterocycles. The first-order valence-corrected chi connectivity index (χ1v) is 6.58. The molecule has 1 aromatic heterocycles. The summed E-state index contributed by atoms with van der Waals surface area (Å²) in [6.45, 7) is 0. The van der Waals surface area contributed by atoms with Crippen LogP contribution >= 0.6 is 0 Å². The zero-order valence-corrected chi connectivity index (χ0v) is 9.96. The third kappa shape index (κ3) is 2.11. The topological polar surface area (TPSA) is 42.3 Å². The minimum Gasteiger partial charge on any atom is -0.264 e. The van der Waals surface area contributed by atoms with Gasteiger partial charge in [-0.25, -0.2) is 0 Å². The smallest absolute Gasteiger partial charge is 0.0950 e. The highest BCUT2D eigenvalue weighted by molar-refractivity contribution is 5.10. The van der Waals surface area contributed by atoms with Gasteiger partial charge in [0.2, 0.25) is 0 Å². The normalized spacial score (nSPS) is 35.8. The fourth-order valence-corrected chi connectivity index (χ4v) is 3.83. The number of aromatic nitrogens is 1. The summed E-state index contributed by atoms with van der Waals surface area (Å²) in [4.78, 5) is 14.9. The highest BCUT2D eigenvalue weighted by Gasteiger charge is 2.43. The largest absolute Gasteiger partial charge is 0.264 e. The lowest BCUT2D eigenvalue weighted by Gasteiger charge is -2.12. The molecule has 2 aliphatic carbocycles. The molecule has 2 fully saturated rings. The van der Waals surface area contributed by atoms with Crippen molar-refractivity contribution in [1.82, 2.24) is 4.98 Å². The molecule has 4 unspecified atom stereocenters. The van der Waals surface area contributed by atoms with Gasteiger partial charge in [0, 0.05) is 12.4 Å². The SMILES string of the molecule is O=NC1CCC2CC(Cc3cccnc3)CC21. The van der Waals surface area contributed by atoms with E-state index in [4.69, 9.17) is 0 Å². The van der Waals surface area contributed by atoms with Crippen LogP contribution in [-0.4, -0.2) is 11.0 Å². The van der Waals surface area contributed by atoms with Crippen LogP contribution in [-0.2, 0) is 6.42 Å². The number of rotatable bonds is 3. The van der Waals surface area contributed by atoms with Crippen molar-refractivity contribution in [3.63, 3.8) is 0 Å². The number of nitroso groups, excluding NO2 is 1. The summed E-state index contributed by atoms with van der Waals surface area (Å²) >= 11 is 0. The third-order valence-electron chi connectivity index (χ3n) is 4.56. The summed E-state index contributed by atoms with van der Waals surface area (Å²) in [5.41, 5.74) is 1.33. The molecule has 4 atom stereocenters. The van der Waals surface area contributed by atoms with Gasteiger partial charge < -0.3 is 0 Å². The fraction of sp³-hybridized carbons (Fsp3) is 0.643. The maximum atomic E-state index is 10.8. The number of pyridine rings is 1. The number of fused-ring (bicyclic) bond motifs is 1. The van der Waals surface area contributed by atoms with Gasteiger partial charge in [-0.15, -0.1) is 0 Å². The molecule has 2 saturated carbocycles. The molecule has 0 N–H and O–H groups in total. The molecule has 0 spiro atoms. The van der Waals surface area contributed by atoms with Crippen LogP contribution < -0.4 is 0 Å². The van der Waals surface area contributed by atoms with Crippen molar-refractivity contribution < 1.29 is 0 Å². The Morgan fingerprint density at radius 3 is 3.06 bits per heavy atom. The molecular weight excluding hydrogens is 212 g/mol. The highest BCUT2D eigenvalue weighted by atomic mass is 16.3. The molecule has 3 rings (SSSR count). The van der Waals surface area contributed by atoms with Crippen molar-refractivity contribution in [2.24, 2.45) is 22.9 Å². The van der Waals surface area contributed by atoms with E-state index in [1.54, 1.807) is 0 Å². The van der Waals surface area contributed by atoms with Crippen LogP contribution in [0.25, 0.3) is 0 Å². The molecule has 0 amide bonds. The molecule has 0 saturated heterocycles. The second-order valence-corrected chi connectivity index (χ2v) is 5.58. The van der Waals surface area contributed by atoms with Crippen LogP contribution in [0.1, 0.15) is 31.2 Å². The monoisotopic (exact) mass is 230 g/mol. The molecule has 3 heteroatoms. The Balaban J connectivity index is 1.63. The quantitative estimate of drug-likeness (QED) is 0.748. The minimum atomic E-state index is 0.110. The van der Waals surface area contributed by atoms with Gasteiger partial charge in [0.1, 0.15) is 0 Å². The van der Waals surface area contributed by atoms with E-state index in [0.29, 0.717) is 5.92 Å². The summed E-state index contributed by atoms with van der Waals surface area (Å²) in [7, 11) is 0. The van der Waals surface area contributed by atoms with E-state index < -0.39 is 0 Å². The Labute approximate surface area is 102 Å². The Bertz CT molecular complexity index is 392. The van der Waals surface area contributed by atoms with Crippen molar-refractivity contribution in [2.45, 2.75) is 38.1 Å². The summed E-state index contributed by atoms with van der Waals surface area (Å²) in [6.07, 6.45) is 9.61. The zero-order chi connectivity index (χ0) is 11.7. The Kier molecular flexibility index (Phi) is 2.91. The van der Waals surface area contributed by atoms with E-state index >= 15 is 0 Å². The molecule has 1 aromatic rings. The van der Waals surface area contributed by atoms with Crippen LogP contribution in [0.5, 0.6) is 0 Å². The first kappa shape index (κ1) is 10.9.